The summed E-state index contributed by atoms with van der Waals surface area (Å²) in [5, 5.41) is 0. The van der Waals surface area contributed by atoms with Crippen molar-refractivity contribution in [3.05, 3.63) is 28.8 Å². The molecule has 88 valence electrons. The van der Waals surface area contributed by atoms with Gasteiger partial charge in [-0.2, -0.15) is 0 Å². The Hall–Kier alpha value is -0.843. The van der Waals surface area contributed by atoms with E-state index in [4.69, 9.17) is 13.9 Å². The molecule has 0 amide bonds. The van der Waals surface area contributed by atoms with Crippen molar-refractivity contribution >= 4 is 9.04 Å². The summed E-state index contributed by atoms with van der Waals surface area (Å²) < 4.78 is 16.7. The van der Waals surface area contributed by atoms with Crippen LogP contribution in [-0.4, -0.2) is 16.2 Å². The summed E-state index contributed by atoms with van der Waals surface area (Å²) in [5.41, 5.74) is 3.56. The van der Waals surface area contributed by atoms with Gasteiger partial charge in [-0.05, 0) is 18.7 Å². The summed E-state index contributed by atoms with van der Waals surface area (Å²) in [6.45, 7) is 6.35. The predicted octanol–water partition coefficient (Wildman–Crippen LogP) is 2.23. The Labute approximate surface area is 98.1 Å². The highest BCUT2D eigenvalue weighted by molar-refractivity contribution is 6.48. The predicted molar refractivity (Wildman–Crippen MR) is 65.2 cm³/mol. The Balaban J connectivity index is 2.24. The van der Waals surface area contributed by atoms with Crippen molar-refractivity contribution in [3.63, 3.8) is 0 Å². The van der Waals surface area contributed by atoms with Gasteiger partial charge in [-0.25, -0.2) is 0 Å². The summed E-state index contributed by atoms with van der Waals surface area (Å²) in [4.78, 5) is 0. The van der Waals surface area contributed by atoms with Gasteiger partial charge in [0.05, 0.1) is 26.9 Å². The van der Waals surface area contributed by atoms with E-state index in [-0.39, 0.29) is 0 Å². The van der Waals surface area contributed by atoms with Gasteiger partial charge >= 0.3 is 0 Å². The maximum absolute atomic E-state index is 5.75. The number of hydrogen-bond acceptors (Lipinski definition) is 3. The van der Waals surface area contributed by atoms with Crippen molar-refractivity contribution < 1.29 is 13.9 Å². The zero-order valence-electron chi connectivity index (χ0n) is 10.1. The van der Waals surface area contributed by atoms with Crippen LogP contribution in [0.2, 0.25) is 13.1 Å². The molecule has 0 bridgehead atoms. The van der Waals surface area contributed by atoms with Crippen LogP contribution in [0.25, 0.3) is 0 Å². The van der Waals surface area contributed by atoms with E-state index in [1.807, 2.05) is 0 Å². The number of rotatable bonds is 4. The maximum atomic E-state index is 5.75. The van der Waals surface area contributed by atoms with E-state index in [0.29, 0.717) is 19.8 Å². The minimum atomic E-state index is -0.980. The minimum Gasteiger partial charge on any atom is -0.496 e. The monoisotopic (exact) mass is 238 g/mol. The van der Waals surface area contributed by atoms with Gasteiger partial charge in [0.15, 0.2) is 9.04 Å². The average molecular weight is 238 g/mol. The molecule has 0 atom stereocenters. The topological polar surface area (TPSA) is 27.7 Å². The van der Waals surface area contributed by atoms with Crippen LogP contribution in [0.15, 0.2) is 12.1 Å². The third-order valence-electron chi connectivity index (χ3n) is 2.72. The second-order valence-corrected chi connectivity index (χ2v) is 6.68. The number of ether oxygens (including phenoxy) is 2. The third kappa shape index (κ3) is 2.29. The molecule has 0 aliphatic carbocycles. The average Bonchev–Trinajstić information content (AvgIpc) is 2.73. The van der Waals surface area contributed by atoms with Crippen molar-refractivity contribution in [1.29, 1.82) is 0 Å². The van der Waals surface area contributed by atoms with Gasteiger partial charge in [-0.1, -0.05) is 12.1 Å². The molecule has 2 rings (SSSR count). The van der Waals surface area contributed by atoms with E-state index in [1.165, 1.54) is 11.1 Å². The molecule has 0 unspecified atom stereocenters. The first-order valence-corrected chi connectivity index (χ1v) is 8.37. The molecule has 0 N–H and O–H groups in total. The Morgan fingerprint density at radius 1 is 1.31 bits per heavy atom. The minimum absolute atomic E-state index is 0.653. The van der Waals surface area contributed by atoms with Crippen LogP contribution in [0.3, 0.4) is 0 Å². The molecule has 0 saturated carbocycles. The van der Waals surface area contributed by atoms with Gasteiger partial charge in [-0.15, -0.1) is 0 Å². The van der Waals surface area contributed by atoms with Crippen molar-refractivity contribution in [1.82, 2.24) is 0 Å². The van der Waals surface area contributed by atoms with Crippen molar-refractivity contribution in [2.75, 3.05) is 7.11 Å². The van der Waals surface area contributed by atoms with Gasteiger partial charge in [0, 0.05) is 11.1 Å². The van der Waals surface area contributed by atoms with Crippen LogP contribution in [0, 0.1) is 0 Å². The molecule has 0 fully saturated rings. The highest BCUT2D eigenvalue weighted by Gasteiger charge is 2.19. The Morgan fingerprint density at radius 2 is 2.12 bits per heavy atom. The van der Waals surface area contributed by atoms with Crippen LogP contribution in [-0.2, 0) is 29.0 Å². The fourth-order valence-corrected chi connectivity index (χ4v) is 2.41. The van der Waals surface area contributed by atoms with Crippen molar-refractivity contribution in [2.45, 2.75) is 32.9 Å². The van der Waals surface area contributed by atoms with Crippen LogP contribution < -0.4 is 4.74 Å². The summed E-state index contributed by atoms with van der Waals surface area (Å²) in [6.07, 6.45) is 0. The Bertz CT molecular complexity index is 377. The van der Waals surface area contributed by atoms with E-state index in [1.54, 1.807) is 7.11 Å². The molecule has 3 nitrogen and oxygen atoms in total. The van der Waals surface area contributed by atoms with E-state index in [0.717, 1.165) is 11.3 Å². The highest BCUT2D eigenvalue weighted by atomic mass is 28.3. The fraction of sp³-hybridized carbons (Fsp3) is 0.500. The highest BCUT2D eigenvalue weighted by Crippen LogP contribution is 2.32. The molecule has 0 spiro atoms. The van der Waals surface area contributed by atoms with Crippen molar-refractivity contribution in [3.8, 4) is 5.75 Å². The molecule has 1 aliphatic heterocycles. The molecule has 1 aromatic rings. The van der Waals surface area contributed by atoms with Gasteiger partial charge in [0.2, 0.25) is 0 Å². The molecule has 16 heavy (non-hydrogen) atoms. The quantitative estimate of drug-likeness (QED) is 0.753. The first kappa shape index (κ1) is 11.6. The van der Waals surface area contributed by atoms with Crippen LogP contribution in [0.5, 0.6) is 5.75 Å². The van der Waals surface area contributed by atoms with Gasteiger partial charge in [0.25, 0.3) is 0 Å². The van der Waals surface area contributed by atoms with Crippen LogP contribution >= 0.6 is 0 Å². The lowest BCUT2D eigenvalue weighted by Crippen LogP contribution is -2.08. The second-order valence-electron chi connectivity index (χ2n) is 4.25. The number of benzene rings is 1. The number of methoxy groups -OCH3 is 1. The molecule has 1 aromatic carbocycles. The maximum Gasteiger partial charge on any atom is 0.171 e. The largest absolute Gasteiger partial charge is 0.496 e. The van der Waals surface area contributed by atoms with Gasteiger partial charge in [-0.3, -0.25) is 0 Å². The van der Waals surface area contributed by atoms with Gasteiger partial charge in [0.1, 0.15) is 5.75 Å². The molecule has 1 aliphatic rings. The summed E-state index contributed by atoms with van der Waals surface area (Å²) in [5.74, 6) is 0.949. The summed E-state index contributed by atoms with van der Waals surface area (Å²) >= 11 is 0. The summed E-state index contributed by atoms with van der Waals surface area (Å²) in [7, 11) is 0.732. The van der Waals surface area contributed by atoms with E-state index in [9.17, 15) is 0 Å². The molecular formula is C12H18O3Si. The van der Waals surface area contributed by atoms with E-state index < -0.39 is 9.04 Å². The molecule has 4 heteroatoms. The van der Waals surface area contributed by atoms with Crippen molar-refractivity contribution in [2.24, 2.45) is 0 Å². The molecule has 1 heterocycles. The SMILES string of the molecule is COc1c(CO[SiH](C)C)ccc2c1COC2. The lowest BCUT2D eigenvalue weighted by molar-refractivity contribution is 0.133. The van der Waals surface area contributed by atoms with Crippen LogP contribution in [0.4, 0.5) is 0 Å². The van der Waals surface area contributed by atoms with E-state index in [2.05, 4.69) is 25.2 Å². The number of hydrogen-bond donors (Lipinski definition) is 0. The van der Waals surface area contributed by atoms with Crippen LogP contribution in [0.1, 0.15) is 16.7 Å². The molecule has 0 radical (unpaired) electrons. The zero-order chi connectivity index (χ0) is 11.5. The fourth-order valence-electron chi connectivity index (χ4n) is 1.90. The Morgan fingerprint density at radius 3 is 2.81 bits per heavy atom. The second kappa shape index (κ2) is 4.99. The first-order valence-electron chi connectivity index (χ1n) is 5.59. The number of fused-ring (bicyclic) bond motifs is 1. The lowest BCUT2D eigenvalue weighted by Gasteiger charge is -2.14. The molecule has 0 saturated heterocycles. The Kier molecular flexibility index (Phi) is 3.63. The normalized spacial score (nSPS) is 14.2. The third-order valence-corrected chi connectivity index (χ3v) is 3.55. The van der Waals surface area contributed by atoms with Gasteiger partial charge < -0.3 is 13.9 Å². The first-order chi connectivity index (χ1) is 7.72. The smallest absolute Gasteiger partial charge is 0.171 e. The summed E-state index contributed by atoms with van der Waals surface area (Å²) in [6, 6.07) is 4.20. The standard InChI is InChI=1S/C12H18O3Si/c1-13-12-10(7-15-16(2)3)5-4-9-6-14-8-11(9)12/h4-5,16H,6-8H2,1-3H3. The lowest BCUT2D eigenvalue weighted by atomic mass is 10.0. The molecule has 0 aromatic heterocycles. The zero-order valence-corrected chi connectivity index (χ0v) is 11.2. The van der Waals surface area contributed by atoms with E-state index >= 15 is 0 Å². The molecular weight excluding hydrogens is 220 g/mol.